The monoisotopic (exact) mass is 395 g/mol. The minimum atomic E-state index is -0.227. The topological polar surface area (TPSA) is 64.0 Å². The summed E-state index contributed by atoms with van der Waals surface area (Å²) in [6, 6.07) is 20.5. The van der Waals surface area contributed by atoms with E-state index in [-0.39, 0.29) is 24.4 Å². The van der Waals surface area contributed by atoms with E-state index in [9.17, 15) is 9.59 Å². The van der Waals surface area contributed by atoms with E-state index in [2.05, 4.69) is 22.5 Å². The molecular weight excluding hydrogens is 374 g/mol. The van der Waals surface area contributed by atoms with Gasteiger partial charge in [0.2, 0.25) is 5.91 Å². The van der Waals surface area contributed by atoms with Crippen molar-refractivity contribution in [2.75, 3.05) is 6.54 Å². The fourth-order valence-electron chi connectivity index (χ4n) is 2.84. The van der Waals surface area contributed by atoms with Gasteiger partial charge in [-0.3, -0.25) is 9.59 Å². The Balaban J connectivity index is 1.49. The van der Waals surface area contributed by atoms with Crippen LogP contribution in [0.25, 0.3) is 11.3 Å². The first-order chi connectivity index (χ1) is 13.6. The number of hydrogen-bond donors (Lipinski definition) is 1. The van der Waals surface area contributed by atoms with Crippen molar-refractivity contribution in [3.63, 3.8) is 0 Å². The summed E-state index contributed by atoms with van der Waals surface area (Å²) in [5, 5.41) is 7.90. The minimum absolute atomic E-state index is 0.0846. The van der Waals surface area contributed by atoms with Gasteiger partial charge in [0.25, 0.3) is 5.56 Å². The summed E-state index contributed by atoms with van der Waals surface area (Å²) in [6.07, 6.45) is 2.01. The molecule has 0 aliphatic carbocycles. The Hall–Kier alpha value is -2.92. The number of carbonyl (C=O) groups excluding carboxylic acids is 1. The number of halogens is 1. The summed E-state index contributed by atoms with van der Waals surface area (Å²) in [4.78, 5) is 24.1. The highest BCUT2D eigenvalue weighted by atomic mass is 35.5. The lowest BCUT2D eigenvalue weighted by Crippen LogP contribution is -2.29. The largest absolute Gasteiger partial charge is 0.356 e. The lowest BCUT2D eigenvalue weighted by molar-refractivity contribution is -0.121. The molecule has 0 aliphatic rings. The van der Waals surface area contributed by atoms with E-state index >= 15 is 0 Å². The van der Waals surface area contributed by atoms with Gasteiger partial charge in [0.05, 0.1) is 12.2 Å². The van der Waals surface area contributed by atoms with E-state index in [0.717, 1.165) is 18.4 Å². The Morgan fingerprint density at radius 2 is 1.75 bits per heavy atom. The zero-order valence-electron chi connectivity index (χ0n) is 15.5. The maximum atomic E-state index is 12.1. The van der Waals surface area contributed by atoms with Crippen LogP contribution >= 0.6 is 11.6 Å². The first kappa shape index (κ1) is 19.8. The van der Waals surface area contributed by atoms with Crippen LogP contribution < -0.4 is 10.9 Å². The smallest absolute Gasteiger partial charge is 0.266 e. The Morgan fingerprint density at radius 3 is 2.50 bits per heavy atom. The highest BCUT2D eigenvalue weighted by Gasteiger charge is 2.06. The molecule has 5 nitrogen and oxygen atoms in total. The molecule has 0 saturated carbocycles. The Labute approximate surface area is 169 Å². The van der Waals surface area contributed by atoms with Gasteiger partial charge in [-0.05, 0) is 36.6 Å². The van der Waals surface area contributed by atoms with Crippen molar-refractivity contribution in [3.8, 4) is 11.3 Å². The van der Waals surface area contributed by atoms with Crippen LogP contribution in [-0.2, 0) is 17.8 Å². The summed E-state index contributed by atoms with van der Waals surface area (Å²) in [5.74, 6) is -0.0846. The molecule has 144 valence electrons. The average Bonchev–Trinajstić information content (AvgIpc) is 2.72. The van der Waals surface area contributed by atoms with Crippen molar-refractivity contribution in [1.29, 1.82) is 0 Å². The third kappa shape index (κ3) is 5.79. The van der Waals surface area contributed by atoms with Gasteiger partial charge in [-0.15, -0.1) is 0 Å². The fourth-order valence-corrected chi connectivity index (χ4v) is 2.97. The summed E-state index contributed by atoms with van der Waals surface area (Å²) in [5.41, 5.74) is 2.56. The lowest BCUT2D eigenvalue weighted by Gasteiger charge is -2.08. The minimum Gasteiger partial charge on any atom is -0.356 e. The first-order valence-corrected chi connectivity index (χ1v) is 9.64. The zero-order valence-corrected chi connectivity index (χ0v) is 16.2. The Morgan fingerprint density at radius 1 is 1.00 bits per heavy atom. The van der Waals surface area contributed by atoms with Gasteiger partial charge in [0, 0.05) is 29.6 Å². The van der Waals surface area contributed by atoms with Crippen molar-refractivity contribution in [2.24, 2.45) is 0 Å². The normalized spacial score (nSPS) is 10.6. The predicted octanol–water partition coefficient (Wildman–Crippen LogP) is 3.70. The number of nitrogens with one attached hydrogen (secondary N) is 1. The summed E-state index contributed by atoms with van der Waals surface area (Å²) < 4.78 is 1.33. The van der Waals surface area contributed by atoms with Gasteiger partial charge in [-0.1, -0.05) is 54.1 Å². The molecule has 3 rings (SSSR count). The fraction of sp³-hybridized carbons (Fsp3) is 0.227. The molecule has 0 aliphatic heterocycles. The predicted molar refractivity (Wildman–Crippen MR) is 111 cm³/mol. The molecule has 0 radical (unpaired) electrons. The van der Waals surface area contributed by atoms with E-state index in [1.54, 1.807) is 18.2 Å². The van der Waals surface area contributed by atoms with Crippen molar-refractivity contribution in [3.05, 3.63) is 87.7 Å². The summed E-state index contributed by atoms with van der Waals surface area (Å²) in [6.45, 7) is 0.853. The number of carbonyl (C=O) groups is 1. The number of aromatic nitrogens is 2. The van der Waals surface area contributed by atoms with Crippen LogP contribution in [0.4, 0.5) is 0 Å². The number of aryl methyl sites for hydroxylation is 2. The van der Waals surface area contributed by atoms with Crippen LogP contribution in [0.3, 0.4) is 0 Å². The average molecular weight is 396 g/mol. The number of benzene rings is 2. The number of rotatable bonds is 8. The molecule has 3 aromatic rings. The zero-order chi connectivity index (χ0) is 19.8. The number of hydrogen-bond acceptors (Lipinski definition) is 3. The second kappa shape index (κ2) is 9.85. The Bertz CT molecular complexity index is 969. The molecule has 0 unspecified atom stereocenters. The SMILES string of the molecule is O=C(CCn1nc(-c2ccc(Cl)cc2)ccc1=O)NCCCc1ccccc1. The Kier molecular flexibility index (Phi) is 6.98. The molecule has 0 atom stereocenters. The van der Waals surface area contributed by atoms with Crippen molar-refractivity contribution in [1.82, 2.24) is 15.1 Å². The van der Waals surface area contributed by atoms with E-state index in [0.29, 0.717) is 17.3 Å². The van der Waals surface area contributed by atoms with Crippen LogP contribution in [0.15, 0.2) is 71.5 Å². The van der Waals surface area contributed by atoms with Crippen molar-refractivity contribution < 1.29 is 4.79 Å². The van der Waals surface area contributed by atoms with Crippen LogP contribution in [0.2, 0.25) is 5.02 Å². The van der Waals surface area contributed by atoms with Gasteiger partial charge in [-0.2, -0.15) is 5.10 Å². The highest BCUT2D eigenvalue weighted by Crippen LogP contribution is 2.18. The maximum Gasteiger partial charge on any atom is 0.266 e. The number of amides is 1. The quantitative estimate of drug-likeness (QED) is 0.591. The standard InChI is InChI=1S/C22H22ClN3O2/c23-19-10-8-18(9-11-19)20-12-13-22(28)26(25-20)16-14-21(27)24-15-4-7-17-5-2-1-3-6-17/h1-3,5-6,8-13H,4,7,14-16H2,(H,24,27). The lowest BCUT2D eigenvalue weighted by atomic mass is 10.1. The molecule has 1 aromatic heterocycles. The summed E-state index contributed by atoms with van der Waals surface area (Å²) >= 11 is 5.91. The molecule has 2 aromatic carbocycles. The molecule has 28 heavy (non-hydrogen) atoms. The van der Waals surface area contributed by atoms with Gasteiger partial charge in [-0.25, -0.2) is 4.68 Å². The van der Waals surface area contributed by atoms with Crippen LogP contribution in [0.5, 0.6) is 0 Å². The van der Waals surface area contributed by atoms with Gasteiger partial charge in [0.15, 0.2) is 0 Å². The van der Waals surface area contributed by atoms with E-state index in [1.807, 2.05) is 30.3 Å². The van der Waals surface area contributed by atoms with Crippen LogP contribution in [-0.4, -0.2) is 22.2 Å². The molecule has 0 saturated heterocycles. The first-order valence-electron chi connectivity index (χ1n) is 9.26. The maximum absolute atomic E-state index is 12.1. The molecule has 1 N–H and O–H groups in total. The van der Waals surface area contributed by atoms with Gasteiger partial charge < -0.3 is 5.32 Å². The van der Waals surface area contributed by atoms with Gasteiger partial charge >= 0.3 is 0 Å². The van der Waals surface area contributed by atoms with Crippen molar-refractivity contribution in [2.45, 2.75) is 25.8 Å². The molecule has 1 heterocycles. The van der Waals surface area contributed by atoms with Crippen molar-refractivity contribution >= 4 is 17.5 Å². The van der Waals surface area contributed by atoms with E-state index in [4.69, 9.17) is 11.6 Å². The number of nitrogens with zero attached hydrogens (tertiary/aromatic N) is 2. The molecular formula is C22H22ClN3O2. The molecule has 6 heteroatoms. The second-order valence-electron chi connectivity index (χ2n) is 6.48. The summed E-state index contributed by atoms with van der Waals surface area (Å²) in [7, 11) is 0. The van der Waals surface area contributed by atoms with Crippen LogP contribution in [0, 0.1) is 0 Å². The molecule has 0 spiro atoms. The molecule has 1 amide bonds. The molecule has 0 bridgehead atoms. The van der Waals surface area contributed by atoms with Crippen LogP contribution in [0.1, 0.15) is 18.4 Å². The second-order valence-corrected chi connectivity index (χ2v) is 6.91. The third-order valence-corrected chi connectivity index (χ3v) is 4.62. The molecule has 0 fully saturated rings. The highest BCUT2D eigenvalue weighted by molar-refractivity contribution is 6.30. The van der Waals surface area contributed by atoms with Gasteiger partial charge in [0.1, 0.15) is 0 Å². The third-order valence-electron chi connectivity index (χ3n) is 4.36. The van der Waals surface area contributed by atoms with E-state index in [1.165, 1.54) is 16.3 Å². The van der Waals surface area contributed by atoms with E-state index < -0.39 is 0 Å².